The van der Waals surface area contributed by atoms with E-state index < -0.39 is 0 Å². The van der Waals surface area contributed by atoms with Gasteiger partial charge in [-0.3, -0.25) is 9.59 Å². The number of hydrogen-bond donors (Lipinski definition) is 1. The fourth-order valence-corrected chi connectivity index (χ4v) is 3.65. The molecule has 0 bridgehead atoms. The molecule has 1 saturated heterocycles. The van der Waals surface area contributed by atoms with Crippen LogP contribution in [0.3, 0.4) is 0 Å². The molecule has 1 aliphatic rings. The van der Waals surface area contributed by atoms with Crippen molar-refractivity contribution in [2.75, 3.05) is 13.1 Å². The Balaban J connectivity index is 1.75. The highest BCUT2D eigenvalue weighted by atomic mass is 16.2. The van der Waals surface area contributed by atoms with Crippen LogP contribution in [-0.2, 0) is 16.6 Å². The zero-order valence-electron chi connectivity index (χ0n) is 16.1. The second-order valence-corrected chi connectivity index (χ2v) is 7.18. The van der Waals surface area contributed by atoms with Crippen molar-refractivity contribution < 1.29 is 9.59 Å². The van der Waals surface area contributed by atoms with Gasteiger partial charge in [0.2, 0.25) is 11.8 Å². The molecule has 6 heteroatoms. The van der Waals surface area contributed by atoms with Crippen LogP contribution in [0.25, 0.3) is 0 Å². The zero-order valence-corrected chi connectivity index (χ0v) is 16.1. The lowest BCUT2D eigenvalue weighted by Crippen LogP contribution is -2.46. The van der Waals surface area contributed by atoms with Crippen molar-refractivity contribution in [1.82, 2.24) is 19.8 Å². The number of carbonyl (C=O) groups is 2. The van der Waals surface area contributed by atoms with Crippen LogP contribution in [0.4, 0.5) is 0 Å². The van der Waals surface area contributed by atoms with Crippen LogP contribution in [-0.4, -0.2) is 39.4 Å². The van der Waals surface area contributed by atoms with Gasteiger partial charge in [0.05, 0.1) is 5.92 Å². The summed E-state index contributed by atoms with van der Waals surface area (Å²) in [6.45, 7) is 3.26. The number of aryl methyl sites for hydroxylation is 1. The summed E-state index contributed by atoms with van der Waals surface area (Å²) >= 11 is 0. The first-order valence-electron chi connectivity index (χ1n) is 9.70. The van der Waals surface area contributed by atoms with Gasteiger partial charge in [0, 0.05) is 39.0 Å². The van der Waals surface area contributed by atoms with Gasteiger partial charge >= 0.3 is 0 Å². The van der Waals surface area contributed by atoms with E-state index >= 15 is 0 Å². The Morgan fingerprint density at radius 1 is 1.30 bits per heavy atom. The second-order valence-electron chi connectivity index (χ2n) is 7.18. The first kappa shape index (κ1) is 19.1. The topological polar surface area (TPSA) is 67.2 Å². The maximum Gasteiger partial charge on any atom is 0.225 e. The first-order chi connectivity index (χ1) is 13.1. The molecule has 144 valence electrons. The summed E-state index contributed by atoms with van der Waals surface area (Å²) in [5, 5.41) is 3.18. The molecule has 0 radical (unpaired) electrons. The lowest BCUT2D eigenvalue weighted by Gasteiger charge is -2.33. The molecule has 2 unspecified atom stereocenters. The van der Waals surface area contributed by atoms with Crippen LogP contribution in [0.5, 0.6) is 0 Å². The van der Waals surface area contributed by atoms with Crippen molar-refractivity contribution in [2.24, 2.45) is 13.0 Å². The van der Waals surface area contributed by atoms with E-state index in [1.54, 1.807) is 6.20 Å². The Labute approximate surface area is 160 Å². The SMILES string of the molecule is CCCC(=O)N1CCCC(C(=O)NC(c2ccccc2)c2nccn2C)C1. The Hall–Kier alpha value is -2.63. The third-order valence-electron chi connectivity index (χ3n) is 5.14. The van der Waals surface area contributed by atoms with Crippen LogP contribution in [0.1, 0.15) is 50.0 Å². The largest absolute Gasteiger partial charge is 0.342 e. The Bertz CT molecular complexity index is 771. The molecular weight excluding hydrogens is 340 g/mol. The minimum atomic E-state index is -0.305. The van der Waals surface area contributed by atoms with Gasteiger partial charge in [-0.1, -0.05) is 37.3 Å². The van der Waals surface area contributed by atoms with Gasteiger partial charge in [0.25, 0.3) is 0 Å². The number of rotatable bonds is 6. The van der Waals surface area contributed by atoms with Gasteiger partial charge in [-0.25, -0.2) is 4.98 Å². The van der Waals surface area contributed by atoms with E-state index in [2.05, 4.69) is 10.3 Å². The van der Waals surface area contributed by atoms with Crippen molar-refractivity contribution in [3.05, 3.63) is 54.1 Å². The lowest BCUT2D eigenvalue weighted by atomic mass is 9.95. The number of imidazole rings is 1. The number of benzene rings is 1. The van der Waals surface area contributed by atoms with E-state index in [9.17, 15) is 9.59 Å². The molecule has 2 aromatic rings. The van der Waals surface area contributed by atoms with Crippen molar-refractivity contribution >= 4 is 11.8 Å². The second kappa shape index (κ2) is 8.84. The average molecular weight is 368 g/mol. The molecule has 1 N–H and O–H groups in total. The minimum Gasteiger partial charge on any atom is -0.342 e. The molecule has 27 heavy (non-hydrogen) atoms. The highest BCUT2D eigenvalue weighted by molar-refractivity contribution is 5.82. The third-order valence-corrected chi connectivity index (χ3v) is 5.14. The number of carbonyl (C=O) groups excluding carboxylic acids is 2. The smallest absolute Gasteiger partial charge is 0.225 e. The minimum absolute atomic E-state index is 0.0131. The summed E-state index contributed by atoms with van der Waals surface area (Å²) in [6, 6.07) is 9.57. The number of hydrogen-bond acceptors (Lipinski definition) is 3. The molecule has 2 amide bonds. The summed E-state index contributed by atoms with van der Waals surface area (Å²) in [5.74, 6) is 0.759. The summed E-state index contributed by atoms with van der Waals surface area (Å²) < 4.78 is 1.93. The van der Waals surface area contributed by atoms with Crippen molar-refractivity contribution in [3.8, 4) is 0 Å². The quantitative estimate of drug-likeness (QED) is 0.852. The van der Waals surface area contributed by atoms with Crippen LogP contribution >= 0.6 is 0 Å². The molecule has 0 spiro atoms. The number of aromatic nitrogens is 2. The normalized spacial score (nSPS) is 18.1. The highest BCUT2D eigenvalue weighted by Gasteiger charge is 2.30. The Morgan fingerprint density at radius 3 is 2.74 bits per heavy atom. The average Bonchev–Trinajstić information content (AvgIpc) is 3.12. The maximum atomic E-state index is 13.0. The van der Waals surface area contributed by atoms with Crippen LogP contribution in [0, 0.1) is 5.92 Å². The molecule has 3 rings (SSSR count). The lowest BCUT2D eigenvalue weighted by molar-refractivity contribution is -0.135. The van der Waals surface area contributed by atoms with E-state index in [0.717, 1.165) is 37.2 Å². The van der Waals surface area contributed by atoms with E-state index in [4.69, 9.17) is 0 Å². The molecule has 6 nitrogen and oxygen atoms in total. The predicted octanol–water partition coefficient (Wildman–Crippen LogP) is 2.66. The number of nitrogens with one attached hydrogen (secondary N) is 1. The van der Waals surface area contributed by atoms with Crippen LogP contribution < -0.4 is 5.32 Å². The molecule has 1 aromatic carbocycles. The van der Waals surface area contributed by atoms with Gasteiger partial charge in [-0.05, 0) is 24.8 Å². The Kier molecular flexibility index (Phi) is 6.27. The molecule has 1 aliphatic heterocycles. The van der Waals surface area contributed by atoms with Gasteiger partial charge in [0.15, 0.2) is 0 Å². The van der Waals surface area contributed by atoms with E-state index in [-0.39, 0.29) is 23.8 Å². The fourth-order valence-electron chi connectivity index (χ4n) is 3.65. The molecule has 0 saturated carbocycles. The highest BCUT2D eigenvalue weighted by Crippen LogP contribution is 2.23. The zero-order chi connectivity index (χ0) is 19.2. The molecule has 2 atom stereocenters. The molecule has 2 heterocycles. The summed E-state index contributed by atoms with van der Waals surface area (Å²) in [5.41, 5.74) is 0.995. The molecule has 1 aromatic heterocycles. The number of amides is 2. The number of likely N-dealkylation sites (tertiary alicyclic amines) is 1. The van der Waals surface area contributed by atoms with E-state index in [1.807, 2.05) is 60.0 Å². The molecule has 0 aliphatic carbocycles. The summed E-state index contributed by atoms with van der Waals surface area (Å²) in [4.78, 5) is 31.5. The summed E-state index contributed by atoms with van der Waals surface area (Å²) in [7, 11) is 1.93. The number of piperidine rings is 1. The summed E-state index contributed by atoms with van der Waals surface area (Å²) in [6.07, 6.45) is 6.68. The standard InChI is InChI=1S/C21H28N4O2/c1-3-8-18(26)25-13-7-11-17(15-25)21(27)23-19(16-9-5-4-6-10-16)20-22-12-14-24(20)2/h4-6,9-10,12,14,17,19H,3,7-8,11,13,15H2,1-2H3,(H,23,27). The van der Waals surface area contributed by atoms with Crippen LogP contribution in [0.2, 0.25) is 0 Å². The van der Waals surface area contributed by atoms with Crippen LogP contribution in [0.15, 0.2) is 42.7 Å². The van der Waals surface area contributed by atoms with Gasteiger partial charge in [-0.15, -0.1) is 0 Å². The monoisotopic (exact) mass is 368 g/mol. The fraction of sp³-hybridized carbons (Fsp3) is 0.476. The van der Waals surface area contributed by atoms with Gasteiger partial charge in [0.1, 0.15) is 11.9 Å². The third kappa shape index (κ3) is 4.56. The van der Waals surface area contributed by atoms with Crippen molar-refractivity contribution in [1.29, 1.82) is 0 Å². The first-order valence-corrected chi connectivity index (χ1v) is 9.70. The maximum absolute atomic E-state index is 13.0. The van der Waals surface area contributed by atoms with Gasteiger partial charge in [-0.2, -0.15) is 0 Å². The molecular formula is C21H28N4O2. The predicted molar refractivity (Wildman–Crippen MR) is 104 cm³/mol. The van der Waals surface area contributed by atoms with Crippen molar-refractivity contribution in [3.63, 3.8) is 0 Å². The molecule has 1 fully saturated rings. The van der Waals surface area contributed by atoms with Crippen molar-refractivity contribution in [2.45, 2.75) is 38.6 Å². The Morgan fingerprint density at radius 2 is 2.07 bits per heavy atom. The van der Waals surface area contributed by atoms with E-state index in [1.165, 1.54) is 0 Å². The van der Waals surface area contributed by atoms with Gasteiger partial charge < -0.3 is 14.8 Å². The number of nitrogens with zero attached hydrogens (tertiary/aromatic N) is 3. The van der Waals surface area contributed by atoms with E-state index in [0.29, 0.717) is 13.0 Å².